The van der Waals surface area contributed by atoms with Gasteiger partial charge in [-0.2, -0.15) is 8.78 Å². The molecule has 1 aromatic heterocycles. The van der Waals surface area contributed by atoms with Crippen LogP contribution in [0.15, 0.2) is 114 Å². The van der Waals surface area contributed by atoms with Crippen LogP contribution >= 0.6 is 0 Å². The summed E-state index contributed by atoms with van der Waals surface area (Å²) < 4.78 is 38.1. The normalized spacial score (nSPS) is 20.9. The van der Waals surface area contributed by atoms with Crippen LogP contribution < -0.4 is 26.4 Å². The van der Waals surface area contributed by atoms with Gasteiger partial charge in [0, 0.05) is 45.0 Å². The van der Waals surface area contributed by atoms with Crippen molar-refractivity contribution in [1.82, 2.24) is 0 Å². The number of rotatable bonds is 7. The number of aryl methyl sites for hydroxylation is 1. The van der Waals surface area contributed by atoms with Gasteiger partial charge in [0.15, 0.2) is 0 Å². The standard InChI is InChI=1S/C69H81BF2N2O/c1-18-55(46(27-28-63(5,6)7)43-20-22-44(23-21-43)69(71,72)19-2)74-56-40-53-52(67(14,15)32-33-68(53,16)17)39-54(56)70-60-57(34-41(3)35-58(60)74)73(45-24-25-49-51(36-45)66(12,13)31-30-65(49,10)11)61-48-37-50-47(38-59(48)75-62(61)70)42(4)26-29-64(50,8)9/h18-25,27,34-40,42H,2,26,28-33H2,1,3-17H3/b46-27-,55-18+. The minimum Gasteiger partial charge on any atom is -0.468 e. The summed E-state index contributed by atoms with van der Waals surface area (Å²) in [6.07, 6.45) is 12.9. The van der Waals surface area contributed by atoms with E-state index in [1.165, 1.54) is 55.4 Å². The second kappa shape index (κ2) is 16.9. The highest BCUT2D eigenvalue weighted by molar-refractivity contribution is 7.00. The van der Waals surface area contributed by atoms with Crippen LogP contribution in [0, 0.1) is 12.3 Å². The Morgan fingerprint density at radius 2 is 1.29 bits per heavy atom. The van der Waals surface area contributed by atoms with Crippen LogP contribution in [0.1, 0.15) is 205 Å². The Morgan fingerprint density at radius 1 is 0.707 bits per heavy atom. The molecule has 3 heterocycles. The van der Waals surface area contributed by atoms with E-state index in [2.05, 4.69) is 194 Å². The lowest BCUT2D eigenvalue weighted by Crippen LogP contribution is -2.61. The fourth-order valence-electron chi connectivity index (χ4n) is 14.0. The van der Waals surface area contributed by atoms with Crippen molar-refractivity contribution in [2.45, 2.75) is 195 Å². The second-order valence-corrected chi connectivity index (χ2v) is 28.1. The van der Waals surface area contributed by atoms with Crippen molar-refractivity contribution in [2.75, 3.05) is 9.80 Å². The molecule has 3 aliphatic carbocycles. The van der Waals surface area contributed by atoms with E-state index in [1.807, 2.05) is 12.1 Å². The lowest BCUT2D eigenvalue weighted by Gasteiger charge is -2.47. The Balaban J connectivity index is 1.26. The summed E-state index contributed by atoms with van der Waals surface area (Å²) in [7, 11) is 0. The van der Waals surface area contributed by atoms with Crippen LogP contribution in [-0.2, 0) is 33.0 Å². The fourth-order valence-corrected chi connectivity index (χ4v) is 14.0. The first kappa shape index (κ1) is 51.5. The van der Waals surface area contributed by atoms with Crippen molar-refractivity contribution in [2.24, 2.45) is 5.41 Å². The van der Waals surface area contributed by atoms with Gasteiger partial charge in [-0.05, 0) is 201 Å². The first-order chi connectivity index (χ1) is 35.0. The smallest absolute Gasteiger partial charge is 0.297 e. The lowest BCUT2D eigenvalue weighted by atomic mass is 9.35. The Kier molecular flexibility index (Phi) is 11.6. The molecule has 11 rings (SSSR count). The SMILES string of the molecule is C=CC(F)(F)c1ccc(C(=C/CC(C)(C)C)/C(=C\C)N2c3cc4c(cc3B3c5oc6cc7c(cc6c5N(c5ccc6c(c5)C(C)(C)CCC6(C)C)c5cc(C)cc2c53)C(C)(C)CCC7C)C(C)(C)CCC4(C)C)cc1. The summed E-state index contributed by atoms with van der Waals surface area (Å²) in [5.74, 6) is -2.71. The zero-order valence-electron chi connectivity index (χ0n) is 48.1. The molecule has 0 spiro atoms. The molecule has 0 radical (unpaired) electrons. The number of nitrogens with zero attached hydrogens (tertiary/aromatic N) is 2. The van der Waals surface area contributed by atoms with Gasteiger partial charge in [-0.25, -0.2) is 0 Å². The van der Waals surface area contributed by atoms with Gasteiger partial charge in [-0.1, -0.05) is 152 Å². The molecule has 0 amide bonds. The van der Waals surface area contributed by atoms with E-state index in [-0.39, 0.29) is 44.8 Å². The molecule has 6 aromatic rings. The highest BCUT2D eigenvalue weighted by Gasteiger charge is 2.50. The Labute approximate surface area is 448 Å². The predicted molar refractivity (Wildman–Crippen MR) is 316 cm³/mol. The van der Waals surface area contributed by atoms with Crippen molar-refractivity contribution in [3.8, 4) is 0 Å². The summed E-state index contributed by atoms with van der Waals surface area (Å²) in [5, 5.41) is 1.17. The second-order valence-electron chi connectivity index (χ2n) is 28.1. The zero-order valence-corrected chi connectivity index (χ0v) is 48.1. The number of allylic oxidation sites excluding steroid dienone is 4. The quantitative estimate of drug-likeness (QED) is 0.0901. The summed E-state index contributed by atoms with van der Waals surface area (Å²) in [6, 6.07) is 29.2. The van der Waals surface area contributed by atoms with Gasteiger partial charge in [0.25, 0.3) is 12.6 Å². The molecular weight excluding hydrogens is 922 g/mol. The minimum absolute atomic E-state index is 0.00242. The van der Waals surface area contributed by atoms with Crippen LogP contribution in [0.4, 0.5) is 37.2 Å². The number of furan rings is 1. The molecular formula is C69H81BF2N2O. The largest absolute Gasteiger partial charge is 0.468 e. The van der Waals surface area contributed by atoms with Crippen molar-refractivity contribution < 1.29 is 13.2 Å². The molecule has 1 unspecified atom stereocenters. The number of halogens is 2. The highest BCUT2D eigenvalue weighted by Crippen LogP contribution is 2.55. The topological polar surface area (TPSA) is 19.6 Å². The average molecular weight is 1000 g/mol. The van der Waals surface area contributed by atoms with Gasteiger partial charge in [0.1, 0.15) is 5.58 Å². The molecule has 5 aromatic carbocycles. The maximum Gasteiger partial charge on any atom is 0.297 e. The van der Waals surface area contributed by atoms with E-state index in [0.717, 1.165) is 107 Å². The van der Waals surface area contributed by atoms with Gasteiger partial charge in [0.05, 0.1) is 11.3 Å². The molecule has 0 fully saturated rings. The molecule has 0 bridgehead atoms. The van der Waals surface area contributed by atoms with Gasteiger partial charge in [-0.3, -0.25) is 0 Å². The van der Waals surface area contributed by atoms with Crippen molar-refractivity contribution in [3.63, 3.8) is 0 Å². The van der Waals surface area contributed by atoms with Crippen LogP contribution in [-0.4, -0.2) is 6.71 Å². The molecule has 390 valence electrons. The number of hydrogen-bond donors (Lipinski definition) is 0. The summed E-state index contributed by atoms with van der Waals surface area (Å²) >= 11 is 0. The van der Waals surface area contributed by atoms with E-state index >= 15 is 8.78 Å². The molecule has 6 heteroatoms. The molecule has 2 aliphatic heterocycles. The zero-order chi connectivity index (χ0) is 53.9. The maximum absolute atomic E-state index is 15.2. The molecule has 1 atom stereocenters. The van der Waals surface area contributed by atoms with Crippen molar-refractivity contribution in [3.05, 3.63) is 159 Å². The molecule has 0 saturated carbocycles. The van der Waals surface area contributed by atoms with Crippen LogP contribution in [0.2, 0.25) is 0 Å². The van der Waals surface area contributed by atoms with Crippen LogP contribution in [0.5, 0.6) is 0 Å². The highest BCUT2D eigenvalue weighted by atomic mass is 19.3. The minimum atomic E-state index is -3.14. The number of alkyl halides is 2. The average Bonchev–Trinajstić information content (AvgIpc) is 3.72. The molecule has 0 N–H and O–H groups in total. The van der Waals surface area contributed by atoms with E-state index in [9.17, 15) is 0 Å². The Morgan fingerprint density at radius 3 is 1.91 bits per heavy atom. The third kappa shape index (κ3) is 8.14. The molecule has 3 nitrogen and oxygen atoms in total. The summed E-state index contributed by atoms with van der Waals surface area (Å²) in [6.45, 7) is 41.1. The Hall–Kier alpha value is -5.62. The number of hydrogen-bond acceptors (Lipinski definition) is 3. The number of anilines is 5. The third-order valence-corrected chi connectivity index (χ3v) is 19.1. The van der Waals surface area contributed by atoms with Gasteiger partial charge < -0.3 is 14.2 Å². The summed E-state index contributed by atoms with van der Waals surface area (Å²) in [5.41, 5.74) is 22.6. The fraction of sp³-hybridized carbons (Fsp3) is 0.449. The number of fused-ring (bicyclic) bond motifs is 9. The van der Waals surface area contributed by atoms with Crippen molar-refractivity contribution >= 4 is 68.3 Å². The first-order valence-electron chi connectivity index (χ1n) is 28.2. The maximum atomic E-state index is 15.2. The number of benzene rings is 5. The monoisotopic (exact) mass is 1000 g/mol. The third-order valence-electron chi connectivity index (χ3n) is 19.1. The van der Waals surface area contributed by atoms with E-state index < -0.39 is 5.92 Å². The van der Waals surface area contributed by atoms with E-state index in [4.69, 9.17) is 4.42 Å². The molecule has 0 saturated heterocycles. The van der Waals surface area contributed by atoms with Gasteiger partial charge >= 0.3 is 0 Å². The predicted octanol–water partition coefficient (Wildman–Crippen LogP) is 18.1. The van der Waals surface area contributed by atoms with Gasteiger partial charge in [-0.15, -0.1) is 0 Å². The van der Waals surface area contributed by atoms with E-state index in [1.54, 1.807) is 12.1 Å². The van der Waals surface area contributed by atoms with Crippen molar-refractivity contribution in [1.29, 1.82) is 0 Å². The van der Waals surface area contributed by atoms with E-state index in [0.29, 0.717) is 5.92 Å². The molecule has 75 heavy (non-hydrogen) atoms. The van der Waals surface area contributed by atoms with Crippen LogP contribution in [0.25, 0.3) is 16.5 Å². The lowest BCUT2D eigenvalue weighted by molar-refractivity contribution is 0.0525. The molecule has 5 aliphatic rings. The Bertz CT molecular complexity index is 3420. The van der Waals surface area contributed by atoms with Crippen LogP contribution in [0.3, 0.4) is 0 Å². The first-order valence-corrected chi connectivity index (χ1v) is 28.2. The summed E-state index contributed by atoms with van der Waals surface area (Å²) in [4.78, 5) is 5.13. The van der Waals surface area contributed by atoms with Gasteiger partial charge in [0.2, 0.25) is 0 Å².